The van der Waals surface area contributed by atoms with Crippen molar-refractivity contribution in [3.63, 3.8) is 0 Å². The lowest BCUT2D eigenvalue weighted by Crippen LogP contribution is -2.23. The van der Waals surface area contributed by atoms with Crippen LogP contribution in [-0.4, -0.2) is 27.4 Å². The van der Waals surface area contributed by atoms with Gasteiger partial charge in [-0.3, -0.25) is 0 Å². The van der Waals surface area contributed by atoms with Crippen LogP contribution in [0.15, 0.2) is 41.0 Å². The molecule has 0 saturated carbocycles. The van der Waals surface area contributed by atoms with Crippen LogP contribution in [0.2, 0.25) is 5.15 Å². The maximum absolute atomic E-state index is 11.3. The van der Waals surface area contributed by atoms with E-state index in [1.165, 1.54) is 6.08 Å². The number of pyridine rings is 1. The summed E-state index contributed by atoms with van der Waals surface area (Å²) in [5, 5.41) is 2.45. The van der Waals surface area contributed by atoms with Gasteiger partial charge in [0.15, 0.2) is 0 Å². The highest BCUT2D eigenvalue weighted by atomic mass is 35.5. The Morgan fingerprint density at radius 1 is 1.33 bits per heavy atom. The molecule has 1 aliphatic rings. The van der Waals surface area contributed by atoms with E-state index in [4.69, 9.17) is 16.3 Å². The third-order valence-corrected chi connectivity index (χ3v) is 3.91. The zero-order valence-electron chi connectivity index (χ0n) is 11.0. The molecule has 0 aliphatic carbocycles. The van der Waals surface area contributed by atoms with Crippen LogP contribution in [0.4, 0.5) is 0 Å². The van der Waals surface area contributed by atoms with E-state index < -0.39 is 0 Å². The van der Waals surface area contributed by atoms with Gasteiger partial charge in [0.05, 0.1) is 23.4 Å². The van der Waals surface area contributed by atoms with Crippen molar-refractivity contribution in [3.05, 3.63) is 57.4 Å². The van der Waals surface area contributed by atoms with Gasteiger partial charge in [-0.25, -0.2) is 14.8 Å². The third kappa shape index (κ3) is 3.59. The number of esters is 1. The lowest BCUT2D eigenvalue weighted by Gasteiger charge is -2.24. The van der Waals surface area contributed by atoms with E-state index >= 15 is 0 Å². The van der Waals surface area contributed by atoms with Gasteiger partial charge in [-0.1, -0.05) is 17.7 Å². The topological polar surface area (TPSA) is 55.3 Å². The predicted octanol–water partition coefficient (Wildman–Crippen LogP) is 2.63. The standard InChI is InChI=1S/C14H12ClN3O2S/c15-13-2-1-10(4-16-13)5-18(6-11-8-21-9-17-11)12-3-14(19)20-7-12/h1-4,8-9H,5-7H2. The van der Waals surface area contributed by atoms with E-state index in [2.05, 4.69) is 14.9 Å². The van der Waals surface area contributed by atoms with Crippen molar-refractivity contribution in [2.45, 2.75) is 13.1 Å². The minimum absolute atomic E-state index is 0.296. The predicted molar refractivity (Wildman–Crippen MR) is 79.7 cm³/mol. The highest BCUT2D eigenvalue weighted by Gasteiger charge is 2.20. The lowest BCUT2D eigenvalue weighted by atomic mass is 10.2. The van der Waals surface area contributed by atoms with Crippen molar-refractivity contribution in [1.29, 1.82) is 0 Å². The molecule has 0 saturated heterocycles. The SMILES string of the molecule is O=C1C=C(N(Cc2ccc(Cl)nc2)Cc2cscn2)CO1. The highest BCUT2D eigenvalue weighted by molar-refractivity contribution is 7.07. The summed E-state index contributed by atoms with van der Waals surface area (Å²) >= 11 is 7.35. The van der Waals surface area contributed by atoms with Crippen LogP contribution >= 0.6 is 22.9 Å². The van der Waals surface area contributed by atoms with Crippen molar-refractivity contribution in [2.24, 2.45) is 0 Å². The Kier molecular flexibility index (Phi) is 4.17. The Morgan fingerprint density at radius 3 is 2.86 bits per heavy atom. The number of thiazole rings is 1. The molecule has 7 heteroatoms. The monoisotopic (exact) mass is 321 g/mol. The van der Waals surface area contributed by atoms with Gasteiger partial charge in [-0.2, -0.15) is 0 Å². The first kappa shape index (κ1) is 14.0. The van der Waals surface area contributed by atoms with Gasteiger partial charge in [-0.05, 0) is 11.6 Å². The van der Waals surface area contributed by atoms with Crippen LogP contribution in [0, 0.1) is 0 Å². The average Bonchev–Trinajstić information content (AvgIpc) is 3.12. The number of hydrogen-bond donors (Lipinski definition) is 0. The Bertz CT molecular complexity index is 655. The summed E-state index contributed by atoms with van der Waals surface area (Å²) in [5.41, 5.74) is 4.61. The van der Waals surface area contributed by atoms with Crippen molar-refractivity contribution in [1.82, 2.24) is 14.9 Å². The summed E-state index contributed by atoms with van der Waals surface area (Å²) in [6.07, 6.45) is 3.25. The number of hydrogen-bond acceptors (Lipinski definition) is 6. The van der Waals surface area contributed by atoms with Crippen molar-refractivity contribution in [3.8, 4) is 0 Å². The summed E-state index contributed by atoms with van der Waals surface area (Å²) in [6, 6.07) is 3.67. The lowest BCUT2D eigenvalue weighted by molar-refractivity contribution is -0.135. The summed E-state index contributed by atoms with van der Waals surface area (Å²) < 4.78 is 4.99. The van der Waals surface area contributed by atoms with Gasteiger partial charge in [0.1, 0.15) is 11.8 Å². The molecule has 5 nitrogen and oxygen atoms in total. The molecule has 0 N–H and O–H groups in total. The van der Waals surface area contributed by atoms with Gasteiger partial charge >= 0.3 is 5.97 Å². The van der Waals surface area contributed by atoms with Crippen LogP contribution in [0.1, 0.15) is 11.3 Å². The van der Waals surface area contributed by atoms with Crippen molar-refractivity contribution >= 4 is 28.9 Å². The summed E-state index contributed by atoms with van der Waals surface area (Å²) in [7, 11) is 0. The fourth-order valence-electron chi connectivity index (χ4n) is 2.04. The van der Waals surface area contributed by atoms with Gasteiger partial charge in [0, 0.05) is 24.2 Å². The minimum Gasteiger partial charge on any atom is -0.456 e. The molecule has 0 atom stereocenters. The van der Waals surface area contributed by atoms with Gasteiger partial charge < -0.3 is 9.64 Å². The number of ether oxygens (including phenoxy) is 1. The molecule has 0 fully saturated rings. The first-order valence-corrected chi connectivity index (χ1v) is 7.62. The maximum Gasteiger partial charge on any atom is 0.333 e. The van der Waals surface area contributed by atoms with Crippen LogP contribution in [-0.2, 0) is 22.6 Å². The molecule has 2 aromatic heterocycles. The van der Waals surface area contributed by atoms with E-state index in [1.807, 2.05) is 11.4 Å². The Morgan fingerprint density at radius 2 is 2.24 bits per heavy atom. The zero-order chi connectivity index (χ0) is 14.7. The molecule has 0 bridgehead atoms. The molecule has 2 aromatic rings. The third-order valence-electron chi connectivity index (χ3n) is 3.05. The highest BCUT2D eigenvalue weighted by Crippen LogP contribution is 2.19. The minimum atomic E-state index is -0.303. The first-order valence-electron chi connectivity index (χ1n) is 6.30. The van der Waals surface area contributed by atoms with E-state index in [1.54, 1.807) is 29.1 Å². The van der Waals surface area contributed by atoms with E-state index in [0.29, 0.717) is 24.8 Å². The normalized spacial score (nSPS) is 14.0. The second-order valence-corrected chi connectivity index (χ2v) is 5.67. The molecule has 3 heterocycles. The Hall–Kier alpha value is -1.92. The molecule has 21 heavy (non-hydrogen) atoms. The number of carbonyl (C=O) groups excluding carboxylic acids is 1. The van der Waals surface area contributed by atoms with Crippen molar-refractivity contribution < 1.29 is 9.53 Å². The first-order chi connectivity index (χ1) is 10.2. The maximum atomic E-state index is 11.3. The zero-order valence-corrected chi connectivity index (χ0v) is 12.6. The second kappa shape index (κ2) is 6.24. The quantitative estimate of drug-likeness (QED) is 0.626. The largest absolute Gasteiger partial charge is 0.456 e. The second-order valence-electron chi connectivity index (χ2n) is 4.57. The summed E-state index contributed by atoms with van der Waals surface area (Å²) in [6.45, 7) is 1.53. The van der Waals surface area contributed by atoms with E-state index in [9.17, 15) is 4.79 Å². The molecule has 0 aromatic carbocycles. The number of halogens is 1. The molecule has 108 valence electrons. The van der Waals surface area contributed by atoms with Crippen LogP contribution in [0.3, 0.4) is 0 Å². The summed E-state index contributed by atoms with van der Waals surface area (Å²) in [4.78, 5) is 21.7. The molecular formula is C14H12ClN3O2S. The molecule has 0 spiro atoms. The Balaban J connectivity index is 1.79. The number of rotatable bonds is 5. The van der Waals surface area contributed by atoms with E-state index in [0.717, 1.165) is 17.0 Å². The molecular weight excluding hydrogens is 310 g/mol. The number of cyclic esters (lactones) is 1. The number of carbonyl (C=O) groups is 1. The number of aromatic nitrogens is 2. The fourth-order valence-corrected chi connectivity index (χ4v) is 2.70. The molecule has 0 amide bonds. The van der Waals surface area contributed by atoms with Gasteiger partial charge in [-0.15, -0.1) is 11.3 Å². The fraction of sp³-hybridized carbons (Fsp3) is 0.214. The van der Waals surface area contributed by atoms with E-state index in [-0.39, 0.29) is 5.97 Å². The molecule has 0 unspecified atom stereocenters. The molecule has 1 aliphatic heterocycles. The number of nitrogens with zero attached hydrogens (tertiary/aromatic N) is 3. The average molecular weight is 322 g/mol. The van der Waals surface area contributed by atoms with Crippen LogP contribution in [0.5, 0.6) is 0 Å². The van der Waals surface area contributed by atoms with Gasteiger partial charge in [0.25, 0.3) is 0 Å². The van der Waals surface area contributed by atoms with Crippen LogP contribution < -0.4 is 0 Å². The smallest absolute Gasteiger partial charge is 0.333 e. The van der Waals surface area contributed by atoms with Crippen LogP contribution in [0.25, 0.3) is 0 Å². The van der Waals surface area contributed by atoms with Crippen molar-refractivity contribution in [2.75, 3.05) is 6.61 Å². The van der Waals surface area contributed by atoms with Gasteiger partial charge in [0.2, 0.25) is 0 Å². The molecule has 0 radical (unpaired) electrons. The summed E-state index contributed by atoms with van der Waals surface area (Å²) in [5.74, 6) is -0.303. The molecule has 3 rings (SSSR count). The Labute approximate surface area is 130 Å².